The number of carbonyl (C=O) groups excluding carboxylic acids is 3. The Morgan fingerprint density at radius 1 is 1.25 bits per heavy atom. The summed E-state index contributed by atoms with van der Waals surface area (Å²) in [6.45, 7) is 1.61. The number of halogens is 1. The lowest BCUT2D eigenvalue weighted by Gasteiger charge is -2.25. The van der Waals surface area contributed by atoms with Gasteiger partial charge in [-0.3, -0.25) is 24.1 Å². The van der Waals surface area contributed by atoms with Crippen LogP contribution in [-0.2, 0) is 9.59 Å². The van der Waals surface area contributed by atoms with Crippen molar-refractivity contribution >= 4 is 39.6 Å². The Balaban J connectivity index is 1.76. The number of fused-ring (bicyclic) bond motifs is 1. The monoisotopic (exact) mass is 394 g/mol. The third-order valence-corrected chi connectivity index (χ3v) is 5.11. The molecule has 2 aliphatic heterocycles. The summed E-state index contributed by atoms with van der Waals surface area (Å²) in [6, 6.07) is 4.30. The van der Waals surface area contributed by atoms with Crippen molar-refractivity contribution in [3.8, 4) is 0 Å². The first kappa shape index (κ1) is 16.6. The summed E-state index contributed by atoms with van der Waals surface area (Å²) in [5.41, 5.74) is 0.536. The molecule has 1 aromatic rings. The van der Waals surface area contributed by atoms with Gasteiger partial charge in [-0.2, -0.15) is 0 Å². The van der Waals surface area contributed by atoms with Gasteiger partial charge in [-0.15, -0.1) is 0 Å². The minimum atomic E-state index is -0.941. The van der Waals surface area contributed by atoms with Gasteiger partial charge in [0.05, 0.1) is 17.0 Å². The summed E-state index contributed by atoms with van der Waals surface area (Å²) in [7, 11) is 0. The number of hydrogen-bond acceptors (Lipinski definition) is 4. The number of aliphatic carboxylic acids is 1. The van der Waals surface area contributed by atoms with Crippen molar-refractivity contribution in [2.24, 2.45) is 5.92 Å². The number of carbonyl (C=O) groups is 4. The van der Waals surface area contributed by atoms with Gasteiger partial charge in [-0.25, -0.2) is 0 Å². The van der Waals surface area contributed by atoms with E-state index in [2.05, 4.69) is 15.9 Å². The SMILES string of the molecule is CC1C(C(=O)O)CCN1C(=O)CN1C(=O)c2ccc(Br)cc2C1=O. The second-order valence-electron chi connectivity index (χ2n) is 5.95. The van der Waals surface area contributed by atoms with Crippen molar-refractivity contribution in [2.45, 2.75) is 19.4 Å². The lowest BCUT2D eigenvalue weighted by atomic mass is 10.0. The zero-order valence-electron chi connectivity index (χ0n) is 12.9. The van der Waals surface area contributed by atoms with Gasteiger partial charge in [-0.1, -0.05) is 15.9 Å². The fourth-order valence-electron chi connectivity index (χ4n) is 3.25. The van der Waals surface area contributed by atoms with Crippen LogP contribution >= 0.6 is 15.9 Å². The van der Waals surface area contributed by atoms with E-state index < -0.39 is 35.7 Å². The molecule has 2 aliphatic rings. The maximum Gasteiger partial charge on any atom is 0.308 e. The molecule has 2 heterocycles. The molecule has 1 N–H and O–H groups in total. The summed E-state index contributed by atoms with van der Waals surface area (Å²) < 4.78 is 0.674. The van der Waals surface area contributed by atoms with Crippen molar-refractivity contribution in [1.82, 2.24) is 9.80 Å². The van der Waals surface area contributed by atoms with Crippen molar-refractivity contribution in [1.29, 1.82) is 0 Å². The number of carboxylic acids is 1. The molecule has 7 nitrogen and oxygen atoms in total. The van der Waals surface area contributed by atoms with Crippen molar-refractivity contribution in [3.05, 3.63) is 33.8 Å². The maximum atomic E-state index is 12.5. The van der Waals surface area contributed by atoms with Gasteiger partial charge in [0.15, 0.2) is 0 Å². The highest BCUT2D eigenvalue weighted by Gasteiger charge is 2.41. The quantitative estimate of drug-likeness (QED) is 0.781. The van der Waals surface area contributed by atoms with E-state index in [0.29, 0.717) is 17.4 Å². The van der Waals surface area contributed by atoms with E-state index in [4.69, 9.17) is 5.11 Å². The number of nitrogens with zero attached hydrogens (tertiary/aromatic N) is 2. The van der Waals surface area contributed by atoms with Crippen LogP contribution in [0.3, 0.4) is 0 Å². The minimum absolute atomic E-state index is 0.264. The molecule has 1 saturated heterocycles. The topological polar surface area (TPSA) is 95.0 Å². The summed E-state index contributed by atoms with van der Waals surface area (Å²) in [4.78, 5) is 50.7. The number of benzene rings is 1. The van der Waals surface area contributed by atoms with Crippen LogP contribution in [0.2, 0.25) is 0 Å². The van der Waals surface area contributed by atoms with Gasteiger partial charge in [-0.05, 0) is 31.5 Å². The molecule has 3 amide bonds. The number of likely N-dealkylation sites (tertiary alicyclic amines) is 1. The molecule has 1 aromatic carbocycles. The molecule has 24 heavy (non-hydrogen) atoms. The average molecular weight is 395 g/mol. The zero-order chi connectivity index (χ0) is 17.6. The number of hydrogen-bond donors (Lipinski definition) is 1. The highest BCUT2D eigenvalue weighted by molar-refractivity contribution is 9.10. The summed E-state index contributed by atoms with van der Waals surface area (Å²) >= 11 is 3.25. The number of carboxylic acid groups (broad SMARTS) is 1. The Labute approximate surface area is 146 Å². The van der Waals surface area contributed by atoms with E-state index in [1.54, 1.807) is 25.1 Å². The molecule has 0 radical (unpaired) electrons. The van der Waals surface area contributed by atoms with Crippen LogP contribution in [0.25, 0.3) is 0 Å². The van der Waals surface area contributed by atoms with Crippen LogP contribution < -0.4 is 0 Å². The van der Waals surface area contributed by atoms with Gasteiger partial charge < -0.3 is 10.0 Å². The second kappa shape index (κ2) is 6.01. The molecule has 0 aromatic heterocycles. The smallest absolute Gasteiger partial charge is 0.308 e. The highest BCUT2D eigenvalue weighted by atomic mass is 79.9. The molecule has 2 atom stereocenters. The van der Waals surface area contributed by atoms with Crippen molar-refractivity contribution in [3.63, 3.8) is 0 Å². The van der Waals surface area contributed by atoms with E-state index in [0.717, 1.165) is 4.90 Å². The van der Waals surface area contributed by atoms with Crippen LogP contribution in [0.15, 0.2) is 22.7 Å². The molecule has 126 valence electrons. The molecule has 0 saturated carbocycles. The molecule has 8 heteroatoms. The molecule has 2 unspecified atom stereocenters. The van der Waals surface area contributed by atoms with Gasteiger partial charge in [0, 0.05) is 17.1 Å². The fraction of sp³-hybridized carbons (Fsp3) is 0.375. The summed E-state index contributed by atoms with van der Waals surface area (Å²) in [6.07, 6.45) is 0.372. The zero-order valence-corrected chi connectivity index (χ0v) is 14.4. The number of imide groups is 1. The Hall–Kier alpha value is -2.22. The van der Waals surface area contributed by atoms with Gasteiger partial charge in [0.25, 0.3) is 11.8 Å². The maximum absolute atomic E-state index is 12.5. The third kappa shape index (κ3) is 2.60. The first-order chi connectivity index (χ1) is 11.3. The number of amides is 3. The van der Waals surface area contributed by atoms with E-state index >= 15 is 0 Å². The average Bonchev–Trinajstić information content (AvgIpc) is 3.01. The lowest BCUT2D eigenvalue weighted by Crippen LogP contribution is -2.45. The third-order valence-electron chi connectivity index (χ3n) is 4.62. The van der Waals surface area contributed by atoms with Crippen molar-refractivity contribution < 1.29 is 24.3 Å². The van der Waals surface area contributed by atoms with E-state index in [1.807, 2.05) is 0 Å². The molecule has 1 fully saturated rings. The number of rotatable bonds is 3. The first-order valence-electron chi connectivity index (χ1n) is 7.49. The predicted molar refractivity (Wildman–Crippen MR) is 86.4 cm³/mol. The van der Waals surface area contributed by atoms with Crippen LogP contribution in [0, 0.1) is 5.92 Å². The molecular weight excluding hydrogens is 380 g/mol. The van der Waals surface area contributed by atoms with Crippen molar-refractivity contribution in [2.75, 3.05) is 13.1 Å². The molecule has 0 spiro atoms. The highest BCUT2D eigenvalue weighted by Crippen LogP contribution is 2.28. The molecule has 3 rings (SSSR count). The standard InChI is InChI=1S/C16H15BrN2O5/c1-8-10(16(23)24)4-5-18(8)13(20)7-19-14(21)11-3-2-9(17)6-12(11)15(19)22/h2-3,6,8,10H,4-5,7H2,1H3,(H,23,24). The Morgan fingerprint density at radius 2 is 1.92 bits per heavy atom. The lowest BCUT2D eigenvalue weighted by molar-refractivity contribution is -0.143. The van der Waals surface area contributed by atoms with E-state index in [1.165, 1.54) is 4.90 Å². The van der Waals surface area contributed by atoms with Crippen LogP contribution in [-0.4, -0.2) is 57.7 Å². The first-order valence-corrected chi connectivity index (χ1v) is 8.28. The summed E-state index contributed by atoms with van der Waals surface area (Å²) in [5, 5.41) is 9.13. The minimum Gasteiger partial charge on any atom is -0.481 e. The molecule has 0 aliphatic carbocycles. The summed E-state index contributed by atoms with van der Waals surface area (Å²) in [5.74, 6) is -2.99. The van der Waals surface area contributed by atoms with Crippen LogP contribution in [0.4, 0.5) is 0 Å². The normalized spacial score (nSPS) is 22.9. The molecular formula is C16H15BrN2O5. The largest absolute Gasteiger partial charge is 0.481 e. The van der Waals surface area contributed by atoms with E-state index in [-0.39, 0.29) is 17.7 Å². The predicted octanol–water partition coefficient (Wildman–Crippen LogP) is 1.37. The Bertz CT molecular complexity index is 763. The second-order valence-corrected chi connectivity index (χ2v) is 6.86. The Kier molecular flexibility index (Phi) is 4.16. The fourth-order valence-corrected chi connectivity index (χ4v) is 3.62. The molecule has 0 bridgehead atoms. The van der Waals surface area contributed by atoms with Crippen LogP contribution in [0.1, 0.15) is 34.1 Å². The van der Waals surface area contributed by atoms with Gasteiger partial charge in [0.1, 0.15) is 6.54 Å². The van der Waals surface area contributed by atoms with Gasteiger partial charge in [0.2, 0.25) is 5.91 Å². The Morgan fingerprint density at radius 3 is 2.54 bits per heavy atom. The van der Waals surface area contributed by atoms with Gasteiger partial charge >= 0.3 is 5.97 Å². The van der Waals surface area contributed by atoms with E-state index in [9.17, 15) is 19.2 Å². The van der Waals surface area contributed by atoms with Crippen LogP contribution in [0.5, 0.6) is 0 Å².